The molecular weight excluding hydrogens is 342 g/mol. The molecule has 7 heteroatoms. The van der Waals surface area contributed by atoms with Gasteiger partial charge in [-0.25, -0.2) is 9.97 Å². The number of rotatable bonds is 6. The van der Waals surface area contributed by atoms with Crippen LogP contribution in [0.1, 0.15) is 24.0 Å². The van der Waals surface area contributed by atoms with Gasteiger partial charge >= 0.3 is 0 Å². The first kappa shape index (κ1) is 17.9. The average molecular weight is 367 g/mol. The van der Waals surface area contributed by atoms with Gasteiger partial charge in [-0.05, 0) is 24.1 Å². The molecule has 0 atom stereocenters. The number of anilines is 2. The van der Waals surface area contributed by atoms with Crippen LogP contribution in [-0.4, -0.2) is 48.7 Å². The van der Waals surface area contributed by atoms with Crippen molar-refractivity contribution in [3.8, 4) is 0 Å². The molecule has 0 unspecified atom stereocenters. The lowest BCUT2D eigenvalue weighted by atomic mass is 10.2. The van der Waals surface area contributed by atoms with E-state index in [4.69, 9.17) is 4.74 Å². The summed E-state index contributed by atoms with van der Waals surface area (Å²) in [4.78, 5) is 24.8. The molecule has 2 aliphatic rings. The summed E-state index contributed by atoms with van der Waals surface area (Å²) in [5.74, 6) is 0.996. The standard InChI is InChI=1S/C20H25N5O2/c26-19-2-1-7-25(19)18-5-3-16(4-6-18)12-21-13-17-14-22-20(23-15-17)24-8-10-27-11-9-24/h3-6,14-15,21H,1-2,7-13H2. The lowest BCUT2D eigenvalue weighted by Crippen LogP contribution is -2.37. The van der Waals surface area contributed by atoms with Gasteiger partial charge in [-0.1, -0.05) is 12.1 Å². The Hall–Kier alpha value is -2.51. The molecule has 0 bridgehead atoms. The predicted molar refractivity (Wildman–Crippen MR) is 104 cm³/mol. The van der Waals surface area contributed by atoms with Crippen molar-refractivity contribution in [2.24, 2.45) is 0 Å². The number of carbonyl (C=O) groups is 1. The number of nitrogens with one attached hydrogen (secondary N) is 1. The van der Waals surface area contributed by atoms with Crippen LogP contribution in [0.4, 0.5) is 11.6 Å². The third-order valence-electron chi connectivity index (χ3n) is 4.97. The Balaban J connectivity index is 1.26. The largest absolute Gasteiger partial charge is 0.378 e. The molecule has 2 aliphatic heterocycles. The quantitative estimate of drug-likeness (QED) is 0.839. The van der Waals surface area contributed by atoms with Crippen molar-refractivity contribution < 1.29 is 9.53 Å². The third-order valence-corrected chi connectivity index (χ3v) is 4.97. The molecule has 4 rings (SSSR count). The van der Waals surface area contributed by atoms with Crippen LogP contribution >= 0.6 is 0 Å². The highest BCUT2D eigenvalue weighted by molar-refractivity contribution is 5.95. The lowest BCUT2D eigenvalue weighted by Gasteiger charge is -2.26. The van der Waals surface area contributed by atoms with Crippen molar-refractivity contribution in [2.45, 2.75) is 25.9 Å². The highest BCUT2D eigenvalue weighted by atomic mass is 16.5. The second-order valence-corrected chi connectivity index (χ2v) is 6.91. The van der Waals surface area contributed by atoms with Crippen LogP contribution in [-0.2, 0) is 22.6 Å². The van der Waals surface area contributed by atoms with Crippen molar-refractivity contribution in [2.75, 3.05) is 42.6 Å². The molecule has 1 aromatic carbocycles. The maximum atomic E-state index is 11.8. The van der Waals surface area contributed by atoms with E-state index in [9.17, 15) is 4.79 Å². The zero-order valence-corrected chi connectivity index (χ0v) is 15.4. The molecule has 1 aromatic heterocycles. The number of aromatic nitrogens is 2. The first-order chi connectivity index (χ1) is 13.3. The molecule has 2 aromatic rings. The van der Waals surface area contributed by atoms with Crippen LogP contribution in [0.2, 0.25) is 0 Å². The third kappa shape index (κ3) is 4.43. The first-order valence-corrected chi connectivity index (χ1v) is 9.53. The van der Waals surface area contributed by atoms with Crippen LogP contribution < -0.4 is 15.1 Å². The van der Waals surface area contributed by atoms with E-state index in [1.807, 2.05) is 29.4 Å². The van der Waals surface area contributed by atoms with Gasteiger partial charge in [-0.3, -0.25) is 4.79 Å². The molecule has 0 saturated carbocycles. The molecule has 1 amide bonds. The van der Waals surface area contributed by atoms with Gasteiger partial charge in [0.1, 0.15) is 0 Å². The van der Waals surface area contributed by atoms with Crippen molar-refractivity contribution in [1.82, 2.24) is 15.3 Å². The number of nitrogens with zero attached hydrogens (tertiary/aromatic N) is 4. The number of morpholine rings is 1. The fraction of sp³-hybridized carbons (Fsp3) is 0.450. The van der Waals surface area contributed by atoms with Gasteiger partial charge < -0.3 is 19.9 Å². The van der Waals surface area contributed by atoms with Gasteiger partial charge in [0, 0.05) is 62.8 Å². The summed E-state index contributed by atoms with van der Waals surface area (Å²) in [5.41, 5.74) is 3.25. The minimum Gasteiger partial charge on any atom is -0.378 e. The summed E-state index contributed by atoms with van der Waals surface area (Å²) in [7, 11) is 0. The number of benzene rings is 1. The van der Waals surface area contributed by atoms with Gasteiger partial charge in [0.15, 0.2) is 0 Å². The van der Waals surface area contributed by atoms with Gasteiger partial charge in [-0.15, -0.1) is 0 Å². The highest BCUT2D eigenvalue weighted by Gasteiger charge is 2.21. The normalized spacial score (nSPS) is 17.6. The summed E-state index contributed by atoms with van der Waals surface area (Å²) in [6.07, 6.45) is 5.38. The zero-order chi connectivity index (χ0) is 18.5. The van der Waals surface area contributed by atoms with E-state index in [2.05, 4.69) is 32.3 Å². The fourth-order valence-corrected chi connectivity index (χ4v) is 3.43. The molecule has 1 N–H and O–H groups in total. The summed E-state index contributed by atoms with van der Waals surface area (Å²) >= 11 is 0. The SMILES string of the molecule is O=C1CCCN1c1ccc(CNCc2cnc(N3CCOCC3)nc2)cc1. The Bertz CT molecular complexity index is 757. The average Bonchev–Trinajstić information content (AvgIpc) is 3.16. The Kier molecular flexibility index (Phi) is 5.60. The van der Waals surface area contributed by atoms with E-state index >= 15 is 0 Å². The smallest absolute Gasteiger partial charge is 0.227 e. The molecular formula is C20H25N5O2. The summed E-state index contributed by atoms with van der Waals surface area (Å²) in [5, 5.41) is 3.42. The number of hydrogen-bond acceptors (Lipinski definition) is 6. The monoisotopic (exact) mass is 367 g/mol. The molecule has 2 saturated heterocycles. The number of ether oxygens (including phenoxy) is 1. The maximum absolute atomic E-state index is 11.8. The van der Waals surface area contributed by atoms with Crippen molar-refractivity contribution in [3.05, 3.63) is 47.8 Å². The van der Waals surface area contributed by atoms with Gasteiger partial charge in [0.05, 0.1) is 13.2 Å². The van der Waals surface area contributed by atoms with Crippen LogP contribution in [0.5, 0.6) is 0 Å². The number of hydrogen-bond donors (Lipinski definition) is 1. The lowest BCUT2D eigenvalue weighted by molar-refractivity contribution is -0.117. The van der Waals surface area contributed by atoms with E-state index < -0.39 is 0 Å². The van der Waals surface area contributed by atoms with E-state index in [-0.39, 0.29) is 5.91 Å². The summed E-state index contributed by atoms with van der Waals surface area (Å²) in [6.45, 7) is 5.47. The van der Waals surface area contributed by atoms with E-state index in [1.165, 1.54) is 5.56 Å². The van der Waals surface area contributed by atoms with E-state index in [1.54, 1.807) is 0 Å². The highest BCUT2D eigenvalue weighted by Crippen LogP contribution is 2.21. The molecule has 142 valence electrons. The van der Waals surface area contributed by atoms with Crippen LogP contribution in [0.15, 0.2) is 36.7 Å². The molecule has 0 aliphatic carbocycles. The van der Waals surface area contributed by atoms with Crippen LogP contribution in [0.3, 0.4) is 0 Å². The summed E-state index contributed by atoms with van der Waals surface area (Å²) in [6, 6.07) is 8.21. The molecule has 3 heterocycles. The zero-order valence-electron chi connectivity index (χ0n) is 15.4. The van der Waals surface area contributed by atoms with Crippen molar-refractivity contribution in [1.29, 1.82) is 0 Å². The molecule has 2 fully saturated rings. The van der Waals surface area contributed by atoms with E-state index in [0.717, 1.165) is 69.6 Å². The van der Waals surface area contributed by atoms with Crippen LogP contribution in [0, 0.1) is 0 Å². The second-order valence-electron chi connectivity index (χ2n) is 6.91. The molecule has 7 nitrogen and oxygen atoms in total. The molecule has 0 spiro atoms. The van der Waals surface area contributed by atoms with Crippen molar-refractivity contribution in [3.63, 3.8) is 0 Å². The Labute approximate surface area is 159 Å². The molecule has 0 radical (unpaired) electrons. The Morgan fingerprint density at radius 2 is 1.67 bits per heavy atom. The first-order valence-electron chi connectivity index (χ1n) is 9.53. The Morgan fingerprint density at radius 3 is 2.33 bits per heavy atom. The van der Waals surface area contributed by atoms with Crippen LogP contribution in [0.25, 0.3) is 0 Å². The van der Waals surface area contributed by atoms with Gasteiger partial charge in [-0.2, -0.15) is 0 Å². The minimum atomic E-state index is 0.224. The van der Waals surface area contributed by atoms with Gasteiger partial charge in [0.25, 0.3) is 0 Å². The van der Waals surface area contributed by atoms with Crippen molar-refractivity contribution >= 4 is 17.5 Å². The fourth-order valence-electron chi connectivity index (χ4n) is 3.43. The minimum absolute atomic E-state index is 0.224. The van der Waals surface area contributed by atoms with Gasteiger partial charge in [0.2, 0.25) is 11.9 Å². The maximum Gasteiger partial charge on any atom is 0.227 e. The molecule has 27 heavy (non-hydrogen) atoms. The number of amides is 1. The topological polar surface area (TPSA) is 70.6 Å². The predicted octanol–water partition coefficient (Wildman–Crippen LogP) is 1.73. The van der Waals surface area contributed by atoms with E-state index in [0.29, 0.717) is 6.42 Å². The number of carbonyl (C=O) groups excluding carboxylic acids is 1. The summed E-state index contributed by atoms with van der Waals surface area (Å²) < 4.78 is 5.36. The Morgan fingerprint density at radius 1 is 0.963 bits per heavy atom. The second kappa shape index (κ2) is 8.45.